The van der Waals surface area contributed by atoms with E-state index in [-0.39, 0.29) is 17.8 Å². The Morgan fingerprint density at radius 1 is 1.39 bits per heavy atom. The smallest absolute Gasteiger partial charge is 0.237 e. The second-order valence-corrected chi connectivity index (χ2v) is 8.74. The minimum atomic E-state index is -3.63. The summed E-state index contributed by atoms with van der Waals surface area (Å²) in [6, 6.07) is 9.18. The molecule has 1 saturated carbocycles. The van der Waals surface area contributed by atoms with Crippen LogP contribution in [0.25, 0.3) is 0 Å². The number of nitriles is 1. The monoisotopic (exact) mass is 334 g/mol. The van der Waals surface area contributed by atoms with Crippen molar-refractivity contribution < 1.29 is 13.2 Å². The van der Waals surface area contributed by atoms with Gasteiger partial charge < -0.3 is 0 Å². The van der Waals surface area contributed by atoms with Gasteiger partial charge in [0, 0.05) is 5.92 Å². The predicted molar refractivity (Wildman–Crippen MR) is 88.0 cm³/mol. The van der Waals surface area contributed by atoms with E-state index in [1.54, 1.807) is 25.1 Å². The standard InChI is InChI=1S/C17H22N2O3S/c1-11(2)7-12(3)23(21,22)19-17(20)16-9-15(16)14-6-4-5-13(8-14)10-18/h4-6,8,11-12,15-16H,7,9H2,1-3H3,(H,19,20)/t12-,15+,16-/m0/s1. The van der Waals surface area contributed by atoms with Crippen LogP contribution in [0.15, 0.2) is 24.3 Å². The zero-order valence-corrected chi connectivity index (χ0v) is 14.4. The SMILES string of the molecule is CC(C)C[C@H](C)S(=O)(=O)NC(=O)[C@H]1C[C@@H]1c1cccc(C#N)c1. The summed E-state index contributed by atoms with van der Waals surface area (Å²) in [5.74, 6) is -0.518. The number of carbonyl (C=O) groups excluding carboxylic acids is 1. The molecule has 1 amide bonds. The summed E-state index contributed by atoms with van der Waals surface area (Å²) in [4.78, 5) is 12.2. The van der Waals surface area contributed by atoms with Crippen molar-refractivity contribution in [2.75, 3.05) is 0 Å². The lowest BCUT2D eigenvalue weighted by atomic mass is 10.1. The largest absolute Gasteiger partial charge is 0.274 e. The first-order chi connectivity index (χ1) is 10.7. The third-order valence-corrected chi connectivity index (χ3v) is 5.88. The van der Waals surface area contributed by atoms with Gasteiger partial charge in [0.15, 0.2) is 0 Å². The van der Waals surface area contributed by atoms with Crippen LogP contribution >= 0.6 is 0 Å². The summed E-state index contributed by atoms with van der Waals surface area (Å²) in [7, 11) is -3.63. The molecule has 1 fully saturated rings. The molecule has 3 atom stereocenters. The zero-order chi connectivity index (χ0) is 17.2. The third-order valence-electron chi connectivity index (χ3n) is 4.15. The van der Waals surface area contributed by atoms with Crippen molar-refractivity contribution in [1.29, 1.82) is 5.26 Å². The Morgan fingerprint density at radius 3 is 2.70 bits per heavy atom. The first-order valence-electron chi connectivity index (χ1n) is 7.80. The van der Waals surface area contributed by atoms with Crippen molar-refractivity contribution in [3.63, 3.8) is 0 Å². The van der Waals surface area contributed by atoms with E-state index < -0.39 is 21.2 Å². The first kappa shape index (κ1) is 17.5. The molecule has 23 heavy (non-hydrogen) atoms. The molecule has 5 nitrogen and oxygen atoms in total. The summed E-state index contributed by atoms with van der Waals surface area (Å²) in [5, 5.41) is 8.32. The van der Waals surface area contributed by atoms with Crippen LogP contribution in [-0.2, 0) is 14.8 Å². The summed E-state index contributed by atoms with van der Waals surface area (Å²) in [6.07, 6.45) is 1.13. The molecule has 2 rings (SSSR count). The van der Waals surface area contributed by atoms with Gasteiger partial charge in [0.05, 0.1) is 16.9 Å². The highest BCUT2D eigenvalue weighted by molar-refractivity contribution is 7.90. The number of hydrogen-bond donors (Lipinski definition) is 1. The lowest BCUT2D eigenvalue weighted by Gasteiger charge is -2.15. The molecule has 124 valence electrons. The highest BCUT2D eigenvalue weighted by Gasteiger charge is 2.45. The minimum Gasteiger partial charge on any atom is -0.274 e. The van der Waals surface area contributed by atoms with Gasteiger partial charge >= 0.3 is 0 Å². The summed E-state index contributed by atoms with van der Waals surface area (Å²) in [6.45, 7) is 5.52. The molecule has 0 unspecified atom stereocenters. The van der Waals surface area contributed by atoms with Crippen molar-refractivity contribution in [2.24, 2.45) is 11.8 Å². The molecule has 0 bridgehead atoms. The van der Waals surface area contributed by atoms with Gasteiger partial charge in [-0.15, -0.1) is 0 Å². The van der Waals surface area contributed by atoms with Crippen molar-refractivity contribution in [2.45, 2.75) is 44.8 Å². The minimum absolute atomic E-state index is 0.00101. The Morgan fingerprint density at radius 2 is 2.09 bits per heavy atom. The van der Waals surface area contributed by atoms with Gasteiger partial charge in [-0.1, -0.05) is 26.0 Å². The molecule has 0 aromatic heterocycles. The number of rotatable bonds is 6. The number of hydrogen-bond acceptors (Lipinski definition) is 4. The molecule has 0 heterocycles. The highest BCUT2D eigenvalue weighted by Crippen LogP contribution is 2.47. The molecule has 0 aliphatic heterocycles. The lowest BCUT2D eigenvalue weighted by molar-refractivity contribution is -0.120. The molecular weight excluding hydrogens is 312 g/mol. The van der Waals surface area contributed by atoms with E-state index in [0.29, 0.717) is 18.4 Å². The maximum absolute atomic E-state index is 12.2. The van der Waals surface area contributed by atoms with Gasteiger partial charge in [0.2, 0.25) is 15.9 Å². The summed E-state index contributed by atoms with van der Waals surface area (Å²) in [5.41, 5.74) is 1.46. The van der Waals surface area contributed by atoms with E-state index in [1.807, 2.05) is 19.9 Å². The van der Waals surface area contributed by atoms with Crippen LogP contribution in [0.5, 0.6) is 0 Å². The Labute approximate surface area is 137 Å². The Hall–Kier alpha value is -1.87. The second-order valence-electron chi connectivity index (χ2n) is 6.64. The van der Waals surface area contributed by atoms with Gasteiger partial charge in [0.1, 0.15) is 0 Å². The molecule has 1 aromatic carbocycles. The van der Waals surface area contributed by atoms with Crippen LogP contribution in [0, 0.1) is 23.2 Å². The van der Waals surface area contributed by atoms with Gasteiger partial charge in [-0.3, -0.25) is 9.52 Å². The summed E-state index contributed by atoms with van der Waals surface area (Å²) < 4.78 is 26.6. The molecular formula is C17H22N2O3S. The van der Waals surface area contributed by atoms with E-state index in [2.05, 4.69) is 10.8 Å². The lowest BCUT2D eigenvalue weighted by Crippen LogP contribution is -2.38. The van der Waals surface area contributed by atoms with Crippen molar-refractivity contribution in [3.05, 3.63) is 35.4 Å². The van der Waals surface area contributed by atoms with Crippen molar-refractivity contribution in [1.82, 2.24) is 4.72 Å². The van der Waals surface area contributed by atoms with E-state index >= 15 is 0 Å². The van der Waals surface area contributed by atoms with Crippen LogP contribution in [0.3, 0.4) is 0 Å². The van der Waals surface area contributed by atoms with Crippen molar-refractivity contribution >= 4 is 15.9 Å². The van der Waals surface area contributed by atoms with E-state index in [4.69, 9.17) is 5.26 Å². The Bertz CT molecular complexity index is 734. The van der Waals surface area contributed by atoms with E-state index in [0.717, 1.165) is 5.56 Å². The predicted octanol–water partition coefficient (Wildman–Crippen LogP) is 2.54. The first-order valence-corrected chi connectivity index (χ1v) is 9.34. The fourth-order valence-electron chi connectivity index (χ4n) is 2.80. The van der Waals surface area contributed by atoms with E-state index in [9.17, 15) is 13.2 Å². The molecule has 6 heteroatoms. The average molecular weight is 334 g/mol. The van der Waals surface area contributed by atoms with Gasteiger partial charge in [-0.25, -0.2) is 8.42 Å². The topological polar surface area (TPSA) is 87.0 Å². The Kier molecular flexibility index (Phi) is 5.10. The zero-order valence-electron chi connectivity index (χ0n) is 13.6. The fraction of sp³-hybridized carbons (Fsp3) is 0.529. The average Bonchev–Trinajstić information content (AvgIpc) is 3.26. The van der Waals surface area contributed by atoms with Crippen LogP contribution in [0.1, 0.15) is 50.7 Å². The van der Waals surface area contributed by atoms with Crippen LogP contribution in [-0.4, -0.2) is 19.6 Å². The number of sulfonamides is 1. The molecule has 1 aromatic rings. The van der Waals surface area contributed by atoms with Crippen molar-refractivity contribution in [3.8, 4) is 6.07 Å². The van der Waals surface area contributed by atoms with Crippen LogP contribution < -0.4 is 4.72 Å². The van der Waals surface area contributed by atoms with Crippen LogP contribution in [0.4, 0.5) is 0 Å². The molecule has 1 aliphatic carbocycles. The fourth-order valence-corrected chi connectivity index (χ4v) is 4.07. The molecule has 1 N–H and O–H groups in total. The maximum Gasteiger partial charge on any atom is 0.237 e. The normalized spacial score (nSPS) is 21.5. The number of benzene rings is 1. The highest BCUT2D eigenvalue weighted by atomic mass is 32.2. The molecule has 1 aliphatic rings. The number of amides is 1. The number of nitrogens with zero attached hydrogens (tertiary/aromatic N) is 1. The second kappa shape index (κ2) is 6.71. The Balaban J connectivity index is 1.99. The van der Waals surface area contributed by atoms with Gasteiger partial charge in [-0.05, 0) is 49.3 Å². The molecule has 0 saturated heterocycles. The van der Waals surface area contributed by atoms with E-state index in [1.165, 1.54) is 0 Å². The van der Waals surface area contributed by atoms with Gasteiger partial charge in [-0.2, -0.15) is 5.26 Å². The quantitative estimate of drug-likeness (QED) is 0.866. The summed E-state index contributed by atoms with van der Waals surface area (Å²) >= 11 is 0. The molecule has 0 radical (unpaired) electrons. The number of nitrogens with one attached hydrogen (secondary N) is 1. The molecule has 0 spiro atoms. The van der Waals surface area contributed by atoms with Crippen LogP contribution in [0.2, 0.25) is 0 Å². The van der Waals surface area contributed by atoms with Gasteiger partial charge in [0.25, 0.3) is 0 Å². The number of carbonyl (C=O) groups is 1. The third kappa shape index (κ3) is 4.32. The maximum atomic E-state index is 12.2.